The maximum atomic E-state index is 13.0. The van der Waals surface area contributed by atoms with Gasteiger partial charge in [-0.3, -0.25) is 4.79 Å². The number of carbonyl (C=O) groups is 2. The Kier molecular flexibility index (Phi) is 4.17. The number of likely N-dealkylation sites (N-methyl/N-ethyl adjacent to an activating group) is 2. The molecule has 1 unspecified atom stereocenters. The van der Waals surface area contributed by atoms with Crippen LogP contribution in [-0.2, 0) is 4.74 Å². The Bertz CT molecular complexity index is 737. The Hall–Kier alpha value is -2.44. The first-order chi connectivity index (χ1) is 12.5. The molecule has 26 heavy (non-hydrogen) atoms. The lowest BCUT2D eigenvalue weighted by molar-refractivity contribution is 0.0438. The van der Waals surface area contributed by atoms with Gasteiger partial charge in [0.25, 0.3) is 5.91 Å². The third kappa shape index (κ3) is 2.95. The standard InChI is InChI=1S/C19H25N3O4/c1-20-10-11-25-16-12-14(4-5-15(16)20)17(23)22-8-3-6-19(7-9-22)13-21(2)18(24)26-19/h4-5,12H,3,6-11,13H2,1-2H3. The first kappa shape index (κ1) is 17.0. The number of nitrogens with zero attached hydrogens (tertiary/aromatic N) is 3. The average molecular weight is 359 g/mol. The molecule has 7 heteroatoms. The molecule has 1 spiro atoms. The van der Waals surface area contributed by atoms with Gasteiger partial charge in [0, 0.05) is 39.2 Å². The van der Waals surface area contributed by atoms with Crippen LogP contribution in [0.2, 0.25) is 0 Å². The summed E-state index contributed by atoms with van der Waals surface area (Å²) in [5.74, 6) is 0.779. The summed E-state index contributed by atoms with van der Waals surface area (Å²) < 4.78 is 11.3. The summed E-state index contributed by atoms with van der Waals surface area (Å²) in [4.78, 5) is 30.4. The van der Waals surface area contributed by atoms with Crippen LogP contribution < -0.4 is 9.64 Å². The molecule has 0 radical (unpaired) electrons. The molecule has 0 aliphatic carbocycles. The van der Waals surface area contributed by atoms with Crippen LogP contribution in [0.3, 0.4) is 0 Å². The van der Waals surface area contributed by atoms with Gasteiger partial charge in [-0.2, -0.15) is 0 Å². The van der Waals surface area contributed by atoms with Crippen molar-refractivity contribution >= 4 is 17.7 Å². The molecule has 2 fully saturated rings. The second-order valence-electron chi connectivity index (χ2n) is 7.51. The molecule has 3 aliphatic rings. The second kappa shape index (κ2) is 6.37. The highest BCUT2D eigenvalue weighted by Gasteiger charge is 2.44. The van der Waals surface area contributed by atoms with Crippen molar-refractivity contribution < 1.29 is 19.1 Å². The van der Waals surface area contributed by atoms with Crippen LogP contribution in [0.5, 0.6) is 5.75 Å². The Balaban J connectivity index is 1.48. The Morgan fingerprint density at radius 2 is 1.96 bits per heavy atom. The van der Waals surface area contributed by atoms with Gasteiger partial charge < -0.3 is 24.2 Å². The normalized spacial score (nSPS) is 25.6. The van der Waals surface area contributed by atoms with E-state index in [9.17, 15) is 9.59 Å². The summed E-state index contributed by atoms with van der Waals surface area (Å²) in [5, 5.41) is 0. The van der Waals surface area contributed by atoms with Crippen LogP contribution in [0, 0.1) is 0 Å². The number of ether oxygens (including phenoxy) is 2. The van der Waals surface area contributed by atoms with Crippen LogP contribution in [0.1, 0.15) is 29.6 Å². The fourth-order valence-corrected chi connectivity index (χ4v) is 4.10. The Labute approximate surface area is 153 Å². The summed E-state index contributed by atoms with van der Waals surface area (Å²) >= 11 is 0. The van der Waals surface area contributed by atoms with E-state index in [0.717, 1.165) is 30.8 Å². The van der Waals surface area contributed by atoms with E-state index < -0.39 is 5.60 Å². The molecule has 3 heterocycles. The summed E-state index contributed by atoms with van der Waals surface area (Å²) in [7, 11) is 3.78. The highest BCUT2D eigenvalue weighted by molar-refractivity contribution is 5.95. The third-order valence-corrected chi connectivity index (χ3v) is 5.63. The van der Waals surface area contributed by atoms with Crippen molar-refractivity contribution in [3.8, 4) is 5.75 Å². The molecule has 0 saturated carbocycles. The molecule has 140 valence electrons. The predicted octanol–water partition coefficient (Wildman–Crippen LogP) is 1.96. The van der Waals surface area contributed by atoms with E-state index in [2.05, 4.69) is 4.90 Å². The molecule has 1 aromatic carbocycles. The van der Waals surface area contributed by atoms with Gasteiger partial charge in [-0.05, 0) is 31.0 Å². The van der Waals surface area contributed by atoms with E-state index >= 15 is 0 Å². The van der Waals surface area contributed by atoms with E-state index in [1.54, 1.807) is 11.9 Å². The van der Waals surface area contributed by atoms with E-state index in [0.29, 0.717) is 38.2 Å². The van der Waals surface area contributed by atoms with Crippen LogP contribution in [0.25, 0.3) is 0 Å². The molecule has 1 aromatic rings. The van der Waals surface area contributed by atoms with Crippen LogP contribution in [0.4, 0.5) is 10.5 Å². The van der Waals surface area contributed by atoms with Crippen LogP contribution >= 0.6 is 0 Å². The molecular weight excluding hydrogens is 334 g/mol. The SMILES string of the molecule is CN1CC2(CCCN(C(=O)c3ccc4c(c3)OCCN4C)CC2)OC1=O. The number of anilines is 1. The van der Waals surface area contributed by atoms with Gasteiger partial charge in [0.2, 0.25) is 0 Å². The van der Waals surface area contributed by atoms with Crippen molar-refractivity contribution in [2.45, 2.75) is 24.9 Å². The fourth-order valence-electron chi connectivity index (χ4n) is 4.10. The molecule has 7 nitrogen and oxygen atoms in total. The summed E-state index contributed by atoms with van der Waals surface area (Å²) in [6.45, 7) is 3.36. The maximum absolute atomic E-state index is 13.0. The molecule has 0 N–H and O–H groups in total. The smallest absolute Gasteiger partial charge is 0.410 e. The van der Waals surface area contributed by atoms with Gasteiger partial charge in [0.15, 0.2) is 0 Å². The summed E-state index contributed by atoms with van der Waals surface area (Å²) in [5.41, 5.74) is 1.22. The van der Waals surface area contributed by atoms with Crippen molar-refractivity contribution in [3.63, 3.8) is 0 Å². The molecular formula is C19H25N3O4. The van der Waals surface area contributed by atoms with Gasteiger partial charge >= 0.3 is 6.09 Å². The number of likely N-dealkylation sites (tertiary alicyclic amines) is 1. The number of hydrogen-bond acceptors (Lipinski definition) is 5. The van der Waals surface area contributed by atoms with E-state index in [4.69, 9.17) is 9.47 Å². The van der Waals surface area contributed by atoms with Crippen molar-refractivity contribution in [2.24, 2.45) is 0 Å². The lowest BCUT2D eigenvalue weighted by Crippen LogP contribution is -2.37. The largest absolute Gasteiger partial charge is 0.490 e. The zero-order chi connectivity index (χ0) is 18.3. The number of fused-ring (bicyclic) bond motifs is 1. The Morgan fingerprint density at radius 1 is 1.12 bits per heavy atom. The molecule has 2 amide bonds. The molecule has 1 atom stereocenters. The van der Waals surface area contributed by atoms with E-state index in [1.807, 2.05) is 30.1 Å². The fraction of sp³-hybridized carbons (Fsp3) is 0.579. The highest BCUT2D eigenvalue weighted by atomic mass is 16.6. The quantitative estimate of drug-likeness (QED) is 0.767. The molecule has 0 bridgehead atoms. The third-order valence-electron chi connectivity index (χ3n) is 5.63. The minimum absolute atomic E-state index is 0.0133. The van der Waals surface area contributed by atoms with Gasteiger partial charge in [-0.25, -0.2) is 4.79 Å². The lowest BCUT2D eigenvalue weighted by Gasteiger charge is -2.28. The highest BCUT2D eigenvalue weighted by Crippen LogP contribution is 2.34. The van der Waals surface area contributed by atoms with Crippen molar-refractivity contribution in [1.29, 1.82) is 0 Å². The maximum Gasteiger partial charge on any atom is 0.410 e. The number of amides is 2. The van der Waals surface area contributed by atoms with Gasteiger partial charge in [-0.15, -0.1) is 0 Å². The topological polar surface area (TPSA) is 62.3 Å². The zero-order valence-corrected chi connectivity index (χ0v) is 15.4. The second-order valence-corrected chi connectivity index (χ2v) is 7.51. The van der Waals surface area contributed by atoms with Crippen molar-refractivity contribution in [3.05, 3.63) is 23.8 Å². The minimum Gasteiger partial charge on any atom is -0.490 e. The predicted molar refractivity (Wildman–Crippen MR) is 96.8 cm³/mol. The van der Waals surface area contributed by atoms with E-state index in [1.165, 1.54) is 0 Å². The van der Waals surface area contributed by atoms with Gasteiger partial charge in [0.05, 0.1) is 18.8 Å². The average Bonchev–Trinajstić information content (AvgIpc) is 2.79. The molecule has 2 saturated heterocycles. The van der Waals surface area contributed by atoms with Gasteiger partial charge in [-0.1, -0.05) is 0 Å². The van der Waals surface area contributed by atoms with Crippen LogP contribution in [0.15, 0.2) is 18.2 Å². The van der Waals surface area contributed by atoms with Crippen molar-refractivity contribution in [1.82, 2.24) is 9.80 Å². The molecule has 3 aliphatic heterocycles. The number of rotatable bonds is 1. The summed E-state index contributed by atoms with van der Waals surface area (Å²) in [6.07, 6.45) is 2.04. The number of carbonyl (C=O) groups excluding carboxylic acids is 2. The first-order valence-electron chi connectivity index (χ1n) is 9.19. The molecule has 4 rings (SSSR count). The van der Waals surface area contributed by atoms with E-state index in [-0.39, 0.29) is 12.0 Å². The first-order valence-corrected chi connectivity index (χ1v) is 9.19. The van der Waals surface area contributed by atoms with Crippen molar-refractivity contribution in [2.75, 3.05) is 51.8 Å². The van der Waals surface area contributed by atoms with Gasteiger partial charge in [0.1, 0.15) is 18.0 Å². The number of hydrogen-bond donors (Lipinski definition) is 0. The molecule has 0 aromatic heterocycles. The minimum atomic E-state index is -0.442. The van der Waals surface area contributed by atoms with Crippen LogP contribution in [-0.4, -0.2) is 74.3 Å². The monoisotopic (exact) mass is 359 g/mol. The number of benzene rings is 1. The zero-order valence-electron chi connectivity index (χ0n) is 15.4. The Morgan fingerprint density at radius 3 is 2.73 bits per heavy atom. The lowest BCUT2D eigenvalue weighted by atomic mass is 9.95. The summed E-state index contributed by atoms with van der Waals surface area (Å²) in [6, 6.07) is 5.67.